The topological polar surface area (TPSA) is 81.2 Å². The van der Waals surface area contributed by atoms with Gasteiger partial charge < -0.3 is 11.1 Å². The molecule has 0 saturated heterocycles. The Morgan fingerprint density at radius 3 is 2.80 bits per heavy atom. The van der Waals surface area contributed by atoms with Crippen LogP contribution < -0.4 is 11.1 Å². The van der Waals surface area contributed by atoms with Gasteiger partial charge in [-0.15, -0.1) is 0 Å². The van der Waals surface area contributed by atoms with Gasteiger partial charge in [0.1, 0.15) is 0 Å². The van der Waals surface area contributed by atoms with E-state index in [1.807, 2.05) is 0 Å². The standard InChI is InChI=1S/C9H12FN3O2/c10-8-5-7(6-12-4-3-11)1-2-9(8)13(14)15/h1-2,5,12H,3-4,6,11H2. The zero-order valence-electron chi connectivity index (χ0n) is 8.07. The molecule has 0 fully saturated rings. The second-order valence-electron chi connectivity index (χ2n) is 3.01. The molecule has 0 heterocycles. The fourth-order valence-electron chi connectivity index (χ4n) is 1.14. The third-order valence-corrected chi connectivity index (χ3v) is 1.86. The highest BCUT2D eigenvalue weighted by Crippen LogP contribution is 2.17. The molecule has 0 unspecified atom stereocenters. The summed E-state index contributed by atoms with van der Waals surface area (Å²) in [4.78, 5) is 9.58. The zero-order valence-corrected chi connectivity index (χ0v) is 8.07. The van der Waals surface area contributed by atoms with Crippen LogP contribution in [0.1, 0.15) is 5.56 Å². The molecule has 0 amide bonds. The van der Waals surface area contributed by atoms with E-state index in [0.29, 0.717) is 25.2 Å². The maximum atomic E-state index is 13.1. The molecule has 0 aliphatic rings. The van der Waals surface area contributed by atoms with E-state index in [2.05, 4.69) is 5.32 Å². The van der Waals surface area contributed by atoms with Crippen LogP contribution in [-0.4, -0.2) is 18.0 Å². The van der Waals surface area contributed by atoms with E-state index in [-0.39, 0.29) is 0 Å². The Hall–Kier alpha value is -1.53. The summed E-state index contributed by atoms with van der Waals surface area (Å²) in [6, 6.07) is 3.83. The lowest BCUT2D eigenvalue weighted by atomic mass is 10.2. The van der Waals surface area contributed by atoms with E-state index in [4.69, 9.17) is 5.73 Å². The molecule has 0 saturated carbocycles. The van der Waals surface area contributed by atoms with Gasteiger partial charge in [0.05, 0.1) is 4.92 Å². The summed E-state index contributed by atoms with van der Waals surface area (Å²) in [5.74, 6) is -0.813. The van der Waals surface area contributed by atoms with Crippen molar-refractivity contribution in [3.8, 4) is 0 Å². The first-order valence-corrected chi connectivity index (χ1v) is 4.48. The molecule has 0 aliphatic heterocycles. The molecule has 82 valence electrons. The van der Waals surface area contributed by atoms with Gasteiger partial charge in [0.15, 0.2) is 0 Å². The molecule has 0 spiro atoms. The van der Waals surface area contributed by atoms with Crippen LogP contribution in [0.4, 0.5) is 10.1 Å². The van der Waals surface area contributed by atoms with Crippen LogP contribution in [0.5, 0.6) is 0 Å². The Morgan fingerprint density at radius 2 is 2.27 bits per heavy atom. The highest BCUT2D eigenvalue weighted by Gasteiger charge is 2.13. The van der Waals surface area contributed by atoms with E-state index in [9.17, 15) is 14.5 Å². The molecule has 15 heavy (non-hydrogen) atoms. The van der Waals surface area contributed by atoms with Crippen LogP contribution >= 0.6 is 0 Å². The lowest BCUT2D eigenvalue weighted by Crippen LogP contribution is -2.21. The highest BCUT2D eigenvalue weighted by molar-refractivity contribution is 5.34. The van der Waals surface area contributed by atoms with Gasteiger partial charge in [-0.25, -0.2) is 0 Å². The Kier molecular flexibility index (Phi) is 4.14. The molecule has 0 atom stereocenters. The molecule has 0 aromatic heterocycles. The molecule has 0 aliphatic carbocycles. The Morgan fingerprint density at radius 1 is 1.53 bits per heavy atom. The number of nitrogens with one attached hydrogen (secondary N) is 1. The number of hydrogen-bond donors (Lipinski definition) is 2. The maximum Gasteiger partial charge on any atom is 0.304 e. The summed E-state index contributed by atoms with van der Waals surface area (Å²) in [5.41, 5.74) is 5.42. The zero-order chi connectivity index (χ0) is 11.3. The molecule has 0 radical (unpaired) electrons. The smallest absolute Gasteiger partial charge is 0.304 e. The molecule has 3 N–H and O–H groups in total. The Labute approximate surface area is 86.2 Å². The number of benzene rings is 1. The van der Waals surface area contributed by atoms with Gasteiger partial charge in [0.25, 0.3) is 0 Å². The van der Waals surface area contributed by atoms with Crippen molar-refractivity contribution >= 4 is 5.69 Å². The minimum absolute atomic E-state index is 0.451. The maximum absolute atomic E-state index is 13.1. The molecule has 6 heteroatoms. The first-order chi connectivity index (χ1) is 7.15. The summed E-state index contributed by atoms with van der Waals surface area (Å²) in [7, 11) is 0. The Balaban J connectivity index is 2.69. The summed E-state index contributed by atoms with van der Waals surface area (Å²) < 4.78 is 13.1. The second-order valence-corrected chi connectivity index (χ2v) is 3.01. The van der Waals surface area contributed by atoms with Crippen LogP contribution in [-0.2, 0) is 6.54 Å². The number of rotatable bonds is 5. The summed E-state index contributed by atoms with van der Waals surface area (Å²) in [5, 5.41) is 13.3. The average molecular weight is 213 g/mol. The molecule has 1 aromatic rings. The molecule has 5 nitrogen and oxygen atoms in total. The van der Waals surface area contributed by atoms with Crippen molar-refractivity contribution in [2.45, 2.75) is 6.54 Å². The van der Waals surface area contributed by atoms with Gasteiger partial charge in [-0.3, -0.25) is 10.1 Å². The van der Waals surface area contributed by atoms with Crippen molar-refractivity contribution < 1.29 is 9.31 Å². The fourth-order valence-corrected chi connectivity index (χ4v) is 1.14. The third kappa shape index (κ3) is 3.26. The van der Waals surface area contributed by atoms with Crippen molar-refractivity contribution in [1.82, 2.24) is 5.32 Å². The summed E-state index contributed by atoms with van der Waals surface area (Å²) in [6.07, 6.45) is 0. The molecule has 1 rings (SSSR count). The number of nitrogens with two attached hydrogens (primary N) is 1. The minimum atomic E-state index is -0.813. The number of halogens is 1. The largest absolute Gasteiger partial charge is 0.329 e. The fraction of sp³-hybridized carbons (Fsp3) is 0.333. The monoisotopic (exact) mass is 213 g/mol. The second kappa shape index (κ2) is 5.38. The van der Waals surface area contributed by atoms with Crippen LogP contribution in [0.2, 0.25) is 0 Å². The first kappa shape index (κ1) is 11.5. The number of nitro benzene ring substituents is 1. The van der Waals surface area contributed by atoms with Gasteiger partial charge in [-0.1, -0.05) is 6.07 Å². The van der Waals surface area contributed by atoms with Crippen molar-refractivity contribution in [2.24, 2.45) is 5.73 Å². The van der Waals surface area contributed by atoms with Crippen LogP contribution in [0.25, 0.3) is 0 Å². The molecular formula is C9H12FN3O2. The van der Waals surface area contributed by atoms with Gasteiger partial charge in [-0.2, -0.15) is 4.39 Å². The van der Waals surface area contributed by atoms with E-state index < -0.39 is 16.4 Å². The van der Waals surface area contributed by atoms with Crippen molar-refractivity contribution in [2.75, 3.05) is 13.1 Å². The van der Waals surface area contributed by atoms with Gasteiger partial charge in [0, 0.05) is 25.7 Å². The summed E-state index contributed by atoms with van der Waals surface area (Å²) >= 11 is 0. The van der Waals surface area contributed by atoms with Gasteiger partial charge in [0.2, 0.25) is 5.82 Å². The summed E-state index contributed by atoms with van der Waals surface area (Å²) in [6.45, 7) is 1.57. The number of nitrogens with zero attached hydrogens (tertiary/aromatic N) is 1. The molecule has 1 aromatic carbocycles. The molecular weight excluding hydrogens is 201 g/mol. The average Bonchev–Trinajstić information content (AvgIpc) is 2.17. The quantitative estimate of drug-likeness (QED) is 0.430. The van der Waals surface area contributed by atoms with E-state index in [1.165, 1.54) is 6.07 Å². The van der Waals surface area contributed by atoms with Crippen molar-refractivity contribution in [1.29, 1.82) is 0 Å². The van der Waals surface area contributed by atoms with E-state index in [0.717, 1.165) is 12.1 Å². The van der Waals surface area contributed by atoms with Crippen LogP contribution in [0.3, 0.4) is 0 Å². The van der Waals surface area contributed by atoms with Crippen molar-refractivity contribution in [3.05, 3.63) is 39.7 Å². The van der Waals surface area contributed by atoms with E-state index >= 15 is 0 Å². The SMILES string of the molecule is NCCNCc1ccc([N+](=O)[O-])c(F)c1. The predicted molar refractivity (Wildman–Crippen MR) is 53.8 cm³/mol. The minimum Gasteiger partial charge on any atom is -0.329 e. The third-order valence-electron chi connectivity index (χ3n) is 1.86. The van der Waals surface area contributed by atoms with Crippen molar-refractivity contribution in [3.63, 3.8) is 0 Å². The van der Waals surface area contributed by atoms with Crippen LogP contribution in [0, 0.1) is 15.9 Å². The van der Waals surface area contributed by atoms with Gasteiger partial charge >= 0.3 is 5.69 Å². The normalized spacial score (nSPS) is 10.3. The van der Waals surface area contributed by atoms with Gasteiger partial charge in [-0.05, 0) is 11.6 Å². The number of hydrogen-bond acceptors (Lipinski definition) is 4. The number of nitro groups is 1. The lowest BCUT2D eigenvalue weighted by Gasteiger charge is -2.03. The van der Waals surface area contributed by atoms with Crippen LogP contribution in [0.15, 0.2) is 18.2 Å². The van der Waals surface area contributed by atoms with E-state index in [1.54, 1.807) is 0 Å². The highest BCUT2D eigenvalue weighted by atomic mass is 19.1. The predicted octanol–water partition coefficient (Wildman–Crippen LogP) is 0.782. The Bertz CT molecular complexity index is 357. The lowest BCUT2D eigenvalue weighted by molar-refractivity contribution is -0.387. The first-order valence-electron chi connectivity index (χ1n) is 4.48. The molecule has 0 bridgehead atoms.